The van der Waals surface area contributed by atoms with Crippen LogP contribution in [0.4, 0.5) is 5.69 Å². The Kier molecular flexibility index (Phi) is 5.47. The summed E-state index contributed by atoms with van der Waals surface area (Å²) in [6, 6.07) is 8.45. The fourth-order valence-electron chi connectivity index (χ4n) is 3.60. The molecule has 0 saturated heterocycles. The van der Waals surface area contributed by atoms with Gasteiger partial charge in [-0.2, -0.15) is 0 Å². The van der Waals surface area contributed by atoms with Crippen LogP contribution < -0.4 is 4.90 Å². The van der Waals surface area contributed by atoms with Crippen LogP contribution in [0, 0.1) is 19.8 Å². The van der Waals surface area contributed by atoms with Crippen molar-refractivity contribution in [3.63, 3.8) is 0 Å². The number of aryl methyl sites for hydroxylation is 1. The first-order valence-corrected chi connectivity index (χ1v) is 10.3. The van der Waals surface area contributed by atoms with Gasteiger partial charge in [0.15, 0.2) is 5.16 Å². The number of para-hydroxylation sites is 1. The zero-order valence-electron chi connectivity index (χ0n) is 16.6. The van der Waals surface area contributed by atoms with Gasteiger partial charge in [0.25, 0.3) is 0 Å². The van der Waals surface area contributed by atoms with Crippen LogP contribution in [0.3, 0.4) is 0 Å². The molecule has 2 unspecified atom stereocenters. The van der Waals surface area contributed by atoms with Crippen molar-refractivity contribution >= 4 is 23.4 Å². The number of nitrogens with zero attached hydrogens (tertiary/aromatic N) is 3. The summed E-state index contributed by atoms with van der Waals surface area (Å²) in [6.07, 6.45) is 0.930. The largest absolute Gasteiger partial charge is 0.323 e. The summed E-state index contributed by atoms with van der Waals surface area (Å²) >= 11 is 1.58. The number of fused-ring (bicyclic) bond motifs is 1. The second-order valence-electron chi connectivity index (χ2n) is 7.72. The predicted molar refractivity (Wildman–Crippen MR) is 109 cm³/mol. The summed E-state index contributed by atoms with van der Waals surface area (Å²) in [6.45, 7) is 13.6. The van der Waals surface area contributed by atoms with Gasteiger partial charge >= 0.3 is 0 Å². The molecule has 0 radical (unpaired) electrons. The Balaban J connectivity index is 1.82. The Labute approximate surface area is 161 Å². The van der Waals surface area contributed by atoms with Crippen LogP contribution in [-0.4, -0.2) is 26.8 Å². The van der Waals surface area contributed by atoms with Crippen LogP contribution in [0.2, 0.25) is 0 Å². The standard InChI is InChI=1S/C21H29N3OS/c1-13(2)12-23-16(5)15(4)22-21(23)26-17(6)20(25)24-14(3)11-18-9-7-8-10-19(18)24/h7-10,13-14,17H,11-12H2,1-6H3. The summed E-state index contributed by atoms with van der Waals surface area (Å²) < 4.78 is 2.26. The van der Waals surface area contributed by atoms with Crippen molar-refractivity contribution in [2.24, 2.45) is 5.92 Å². The Hall–Kier alpha value is -1.75. The minimum atomic E-state index is -0.171. The molecule has 5 heteroatoms. The summed E-state index contributed by atoms with van der Waals surface area (Å²) in [7, 11) is 0. The minimum absolute atomic E-state index is 0.168. The van der Waals surface area contributed by atoms with Gasteiger partial charge in [0, 0.05) is 24.0 Å². The number of benzene rings is 1. The van der Waals surface area contributed by atoms with E-state index in [4.69, 9.17) is 4.98 Å². The number of thioether (sulfide) groups is 1. The highest BCUT2D eigenvalue weighted by Crippen LogP contribution is 2.35. The Morgan fingerprint density at radius 1 is 1.27 bits per heavy atom. The number of carbonyl (C=O) groups excluding carboxylic acids is 1. The number of carbonyl (C=O) groups is 1. The molecule has 26 heavy (non-hydrogen) atoms. The number of amides is 1. The SMILES string of the molecule is Cc1nc(SC(C)C(=O)N2c3ccccc3CC2C)n(CC(C)C)c1C. The number of hydrogen-bond acceptors (Lipinski definition) is 3. The van der Waals surface area contributed by atoms with E-state index in [9.17, 15) is 4.79 Å². The molecule has 0 fully saturated rings. The van der Waals surface area contributed by atoms with E-state index in [0.717, 1.165) is 29.5 Å². The Morgan fingerprint density at radius 2 is 1.96 bits per heavy atom. The predicted octanol–water partition coefficient (Wildman–Crippen LogP) is 4.61. The third-order valence-corrected chi connectivity index (χ3v) is 6.12. The van der Waals surface area contributed by atoms with E-state index in [1.165, 1.54) is 11.3 Å². The van der Waals surface area contributed by atoms with Gasteiger partial charge in [-0.05, 0) is 51.7 Å². The van der Waals surface area contributed by atoms with Gasteiger partial charge in [0.05, 0.1) is 10.9 Å². The minimum Gasteiger partial charge on any atom is -0.323 e. The van der Waals surface area contributed by atoms with Crippen LogP contribution in [0.1, 0.15) is 44.6 Å². The molecule has 0 bridgehead atoms. The van der Waals surface area contributed by atoms with Crippen molar-refractivity contribution in [1.29, 1.82) is 0 Å². The Bertz CT molecular complexity index is 812. The van der Waals surface area contributed by atoms with Gasteiger partial charge in [-0.3, -0.25) is 4.79 Å². The molecule has 0 spiro atoms. The third-order valence-electron chi connectivity index (χ3n) is 5.05. The van der Waals surface area contributed by atoms with Gasteiger partial charge in [-0.15, -0.1) is 0 Å². The van der Waals surface area contributed by atoms with Crippen LogP contribution >= 0.6 is 11.8 Å². The van der Waals surface area contributed by atoms with E-state index in [0.29, 0.717) is 5.92 Å². The van der Waals surface area contributed by atoms with Crippen molar-refractivity contribution < 1.29 is 4.79 Å². The average molecular weight is 372 g/mol. The quantitative estimate of drug-likeness (QED) is 0.720. The van der Waals surface area contributed by atoms with Crippen molar-refractivity contribution in [2.75, 3.05) is 4.90 Å². The summed E-state index contributed by atoms with van der Waals surface area (Å²) in [5.41, 5.74) is 4.57. The molecule has 0 saturated carbocycles. The molecular formula is C21H29N3OS. The van der Waals surface area contributed by atoms with Crippen molar-refractivity contribution in [2.45, 2.75) is 71.0 Å². The molecule has 0 aliphatic carbocycles. The maximum Gasteiger partial charge on any atom is 0.240 e. The molecule has 3 rings (SSSR count). The molecule has 1 aliphatic heterocycles. The average Bonchev–Trinajstić information content (AvgIpc) is 3.04. The summed E-state index contributed by atoms with van der Waals surface area (Å²) in [4.78, 5) is 19.9. The molecule has 2 atom stereocenters. The summed E-state index contributed by atoms with van der Waals surface area (Å²) in [5, 5.41) is 0.783. The first-order valence-electron chi connectivity index (χ1n) is 9.41. The molecule has 4 nitrogen and oxygen atoms in total. The second kappa shape index (κ2) is 7.47. The van der Waals surface area contributed by atoms with Gasteiger partial charge in [0.2, 0.25) is 5.91 Å². The van der Waals surface area contributed by atoms with Crippen LogP contribution in [0.25, 0.3) is 0 Å². The van der Waals surface area contributed by atoms with E-state index < -0.39 is 0 Å². The molecule has 1 aliphatic rings. The topological polar surface area (TPSA) is 38.1 Å². The molecule has 2 aromatic rings. The maximum atomic E-state index is 13.2. The normalized spacial score (nSPS) is 17.7. The highest BCUT2D eigenvalue weighted by molar-refractivity contribution is 8.00. The summed E-state index contributed by atoms with van der Waals surface area (Å²) in [5.74, 6) is 0.708. The number of hydrogen-bond donors (Lipinski definition) is 0. The van der Waals surface area contributed by atoms with E-state index in [1.54, 1.807) is 11.8 Å². The van der Waals surface area contributed by atoms with Crippen molar-refractivity contribution in [3.8, 4) is 0 Å². The van der Waals surface area contributed by atoms with Crippen LogP contribution in [0.15, 0.2) is 29.4 Å². The Morgan fingerprint density at radius 3 is 2.65 bits per heavy atom. The van der Waals surface area contributed by atoms with E-state index >= 15 is 0 Å². The number of anilines is 1. The monoisotopic (exact) mass is 371 g/mol. The molecule has 0 N–H and O–H groups in total. The first kappa shape index (κ1) is 19.0. The van der Waals surface area contributed by atoms with E-state index in [1.807, 2.05) is 30.9 Å². The molecule has 1 aromatic heterocycles. The van der Waals surface area contributed by atoms with Crippen molar-refractivity contribution in [1.82, 2.24) is 9.55 Å². The van der Waals surface area contributed by atoms with Gasteiger partial charge in [-0.1, -0.05) is 43.8 Å². The van der Waals surface area contributed by atoms with Crippen LogP contribution in [-0.2, 0) is 17.8 Å². The molecule has 1 aromatic carbocycles. The van der Waals surface area contributed by atoms with Crippen molar-refractivity contribution in [3.05, 3.63) is 41.2 Å². The molecule has 2 heterocycles. The number of imidazole rings is 1. The lowest BCUT2D eigenvalue weighted by Gasteiger charge is -2.26. The lowest BCUT2D eigenvalue weighted by molar-refractivity contribution is -0.118. The van der Waals surface area contributed by atoms with E-state index in [2.05, 4.69) is 44.4 Å². The molecule has 1 amide bonds. The highest BCUT2D eigenvalue weighted by Gasteiger charge is 2.34. The smallest absolute Gasteiger partial charge is 0.240 e. The third kappa shape index (κ3) is 3.54. The molecule has 140 valence electrons. The zero-order valence-corrected chi connectivity index (χ0v) is 17.4. The fraction of sp³-hybridized carbons (Fsp3) is 0.524. The highest BCUT2D eigenvalue weighted by atomic mass is 32.2. The second-order valence-corrected chi connectivity index (χ2v) is 9.03. The maximum absolute atomic E-state index is 13.2. The fourth-order valence-corrected chi connectivity index (χ4v) is 4.66. The number of rotatable bonds is 5. The van der Waals surface area contributed by atoms with Gasteiger partial charge in [0.1, 0.15) is 0 Å². The lowest BCUT2D eigenvalue weighted by atomic mass is 10.1. The van der Waals surface area contributed by atoms with Gasteiger partial charge in [-0.25, -0.2) is 4.98 Å². The van der Waals surface area contributed by atoms with E-state index in [-0.39, 0.29) is 17.2 Å². The van der Waals surface area contributed by atoms with Crippen LogP contribution in [0.5, 0.6) is 0 Å². The lowest BCUT2D eigenvalue weighted by Crippen LogP contribution is -2.40. The molecular weight excluding hydrogens is 342 g/mol. The van der Waals surface area contributed by atoms with Gasteiger partial charge < -0.3 is 9.47 Å². The zero-order chi connectivity index (χ0) is 19.0. The first-order chi connectivity index (χ1) is 12.3. The number of aromatic nitrogens is 2.